The molecule has 0 atom stereocenters. The summed E-state index contributed by atoms with van der Waals surface area (Å²) in [6, 6.07) is 8.14. The lowest BCUT2D eigenvalue weighted by atomic mass is 10.2. The van der Waals surface area contributed by atoms with Crippen LogP contribution in [0.25, 0.3) is 0 Å². The van der Waals surface area contributed by atoms with Crippen molar-refractivity contribution < 1.29 is 14.0 Å². The average Bonchev–Trinajstić information content (AvgIpc) is 3.16. The number of hydrogen-bond acceptors (Lipinski definition) is 4. The van der Waals surface area contributed by atoms with Gasteiger partial charge in [0.15, 0.2) is 0 Å². The lowest BCUT2D eigenvalue weighted by Gasteiger charge is -2.34. The Balaban J connectivity index is 1.50. The van der Waals surface area contributed by atoms with Crippen LogP contribution in [0.1, 0.15) is 15.2 Å². The van der Waals surface area contributed by atoms with Gasteiger partial charge < -0.3 is 15.1 Å². The van der Waals surface area contributed by atoms with Gasteiger partial charge in [0, 0.05) is 31.9 Å². The first-order valence-corrected chi connectivity index (χ1v) is 9.03. The molecular weight excluding hydrogens is 341 g/mol. The van der Waals surface area contributed by atoms with Gasteiger partial charge >= 0.3 is 0 Å². The number of benzene rings is 1. The monoisotopic (exact) mass is 361 g/mol. The number of anilines is 1. The van der Waals surface area contributed by atoms with Gasteiger partial charge in [0.05, 0.1) is 11.4 Å². The summed E-state index contributed by atoms with van der Waals surface area (Å²) in [7, 11) is 0. The molecule has 2 aromatic rings. The summed E-state index contributed by atoms with van der Waals surface area (Å²) in [5, 5.41) is 4.88. The molecule has 1 aromatic carbocycles. The van der Waals surface area contributed by atoms with Crippen molar-refractivity contribution in [1.29, 1.82) is 0 Å². The average molecular weight is 361 g/mol. The SMILES string of the molecule is Cc1ccc(F)cc1NCC(=O)N1CCN(C(=O)c2cccs2)CC1. The van der Waals surface area contributed by atoms with Crippen LogP contribution in [-0.4, -0.2) is 54.3 Å². The van der Waals surface area contributed by atoms with Crippen LogP contribution in [-0.2, 0) is 4.79 Å². The van der Waals surface area contributed by atoms with Crippen LogP contribution in [0.4, 0.5) is 10.1 Å². The van der Waals surface area contributed by atoms with E-state index in [1.165, 1.54) is 23.5 Å². The third-order valence-electron chi connectivity index (χ3n) is 4.28. The van der Waals surface area contributed by atoms with Crippen molar-refractivity contribution in [2.45, 2.75) is 6.92 Å². The van der Waals surface area contributed by atoms with Crippen molar-refractivity contribution in [3.8, 4) is 0 Å². The summed E-state index contributed by atoms with van der Waals surface area (Å²) in [6.07, 6.45) is 0. The number of thiophene rings is 1. The fourth-order valence-electron chi connectivity index (χ4n) is 2.78. The lowest BCUT2D eigenvalue weighted by molar-refractivity contribution is -0.130. The molecule has 0 saturated carbocycles. The number of piperazine rings is 1. The van der Waals surface area contributed by atoms with Crippen molar-refractivity contribution >= 4 is 28.8 Å². The third kappa shape index (κ3) is 4.17. The molecule has 0 aliphatic carbocycles. The van der Waals surface area contributed by atoms with Crippen molar-refractivity contribution in [3.05, 3.63) is 52.0 Å². The van der Waals surface area contributed by atoms with Crippen LogP contribution in [0.5, 0.6) is 0 Å². The summed E-state index contributed by atoms with van der Waals surface area (Å²) in [4.78, 5) is 28.9. The summed E-state index contributed by atoms with van der Waals surface area (Å²) in [5.41, 5.74) is 1.51. The summed E-state index contributed by atoms with van der Waals surface area (Å²) in [6.45, 7) is 4.06. The molecule has 1 fully saturated rings. The molecule has 1 aromatic heterocycles. The van der Waals surface area contributed by atoms with E-state index in [1.807, 2.05) is 24.4 Å². The number of aryl methyl sites for hydroxylation is 1. The van der Waals surface area contributed by atoms with E-state index in [9.17, 15) is 14.0 Å². The normalized spacial score (nSPS) is 14.5. The van der Waals surface area contributed by atoms with Crippen molar-refractivity contribution in [2.24, 2.45) is 0 Å². The highest BCUT2D eigenvalue weighted by Gasteiger charge is 2.25. The standard InChI is InChI=1S/C18H20FN3O2S/c1-13-4-5-14(19)11-15(13)20-12-17(23)21-6-8-22(9-7-21)18(24)16-3-2-10-25-16/h2-5,10-11,20H,6-9,12H2,1H3. The molecule has 0 unspecified atom stereocenters. The molecule has 25 heavy (non-hydrogen) atoms. The number of carbonyl (C=O) groups is 2. The zero-order chi connectivity index (χ0) is 17.8. The van der Waals surface area contributed by atoms with Gasteiger partial charge in [0.25, 0.3) is 5.91 Å². The molecule has 1 aliphatic heterocycles. The van der Waals surface area contributed by atoms with Crippen LogP contribution in [0, 0.1) is 12.7 Å². The molecule has 2 heterocycles. The number of amides is 2. The minimum Gasteiger partial charge on any atom is -0.376 e. The maximum atomic E-state index is 13.3. The van der Waals surface area contributed by atoms with Crippen LogP contribution >= 0.6 is 11.3 Å². The second-order valence-electron chi connectivity index (χ2n) is 5.96. The number of hydrogen-bond donors (Lipinski definition) is 1. The minimum atomic E-state index is -0.332. The molecule has 1 aliphatic rings. The van der Waals surface area contributed by atoms with Gasteiger partial charge in [0.1, 0.15) is 5.82 Å². The van der Waals surface area contributed by atoms with Crippen LogP contribution in [0.15, 0.2) is 35.7 Å². The van der Waals surface area contributed by atoms with Gasteiger partial charge in [-0.3, -0.25) is 9.59 Å². The number of nitrogens with zero attached hydrogens (tertiary/aromatic N) is 2. The number of halogens is 1. The number of carbonyl (C=O) groups excluding carboxylic acids is 2. The van der Waals surface area contributed by atoms with Crippen molar-refractivity contribution in [3.63, 3.8) is 0 Å². The highest BCUT2D eigenvalue weighted by molar-refractivity contribution is 7.12. The Hall–Kier alpha value is -2.41. The molecule has 1 saturated heterocycles. The minimum absolute atomic E-state index is 0.0237. The van der Waals surface area contributed by atoms with E-state index in [2.05, 4.69) is 5.32 Å². The van der Waals surface area contributed by atoms with E-state index in [4.69, 9.17) is 0 Å². The summed E-state index contributed by atoms with van der Waals surface area (Å²) >= 11 is 1.43. The quantitative estimate of drug-likeness (QED) is 0.911. The van der Waals surface area contributed by atoms with Gasteiger partial charge in [-0.05, 0) is 36.1 Å². The Bertz CT molecular complexity index is 756. The van der Waals surface area contributed by atoms with Crippen LogP contribution in [0.2, 0.25) is 0 Å². The topological polar surface area (TPSA) is 52.7 Å². The van der Waals surface area contributed by atoms with E-state index in [1.54, 1.807) is 15.9 Å². The van der Waals surface area contributed by atoms with Crippen molar-refractivity contribution in [1.82, 2.24) is 9.80 Å². The lowest BCUT2D eigenvalue weighted by Crippen LogP contribution is -2.51. The first-order chi connectivity index (χ1) is 12.0. The Morgan fingerprint density at radius 3 is 2.56 bits per heavy atom. The van der Waals surface area contributed by atoms with Gasteiger partial charge in [-0.15, -0.1) is 11.3 Å². The second-order valence-corrected chi connectivity index (χ2v) is 6.91. The van der Waals surface area contributed by atoms with Crippen LogP contribution in [0.3, 0.4) is 0 Å². The Kier molecular flexibility index (Phi) is 5.33. The summed E-state index contributed by atoms with van der Waals surface area (Å²) in [5.74, 6) is -0.358. The van der Waals surface area contributed by atoms with Gasteiger partial charge in [-0.2, -0.15) is 0 Å². The fraction of sp³-hybridized carbons (Fsp3) is 0.333. The Labute approximate surface area is 150 Å². The molecule has 3 rings (SSSR count). The van der Waals surface area contributed by atoms with E-state index in [0.29, 0.717) is 31.9 Å². The number of nitrogens with one attached hydrogen (secondary N) is 1. The van der Waals surface area contributed by atoms with Gasteiger partial charge in [-0.25, -0.2) is 4.39 Å². The van der Waals surface area contributed by atoms with E-state index in [0.717, 1.165) is 10.4 Å². The van der Waals surface area contributed by atoms with Gasteiger partial charge in [-0.1, -0.05) is 12.1 Å². The maximum absolute atomic E-state index is 13.3. The first kappa shape index (κ1) is 17.4. The molecular formula is C18H20FN3O2S. The zero-order valence-corrected chi connectivity index (χ0v) is 14.8. The molecule has 0 radical (unpaired) electrons. The smallest absolute Gasteiger partial charge is 0.264 e. The predicted molar refractivity (Wildman–Crippen MR) is 96.4 cm³/mol. The Morgan fingerprint density at radius 1 is 1.16 bits per heavy atom. The third-order valence-corrected chi connectivity index (χ3v) is 5.14. The van der Waals surface area contributed by atoms with Crippen molar-refractivity contribution in [2.75, 3.05) is 38.0 Å². The molecule has 0 bridgehead atoms. The first-order valence-electron chi connectivity index (χ1n) is 8.15. The molecule has 5 nitrogen and oxygen atoms in total. The van der Waals surface area contributed by atoms with Gasteiger partial charge in [0.2, 0.25) is 5.91 Å². The van der Waals surface area contributed by atoms with Crippen LogP contribution < -0.4 is 5.32 Å². The van der Waals surface area contributed by atoms with E-state index < -0.39 is 0 Å². The Morgan fingerprint density at radius 2 is 1.88 bits per heavy atom. The largest absolute Gasteiger partial charge is 0.376 e. The summed E-state index contributed by atoms with van der Waals surface area (Å²) < 4.78 is 13.3. The number of rotatable bonds is 4. The fourth-order valence-corrected chi connectivity index (χ4v) is 3.47. The zero-order valence-electron chi connectivity index (χ0n) is 14.0. The molecule has 0 spiro atoms. The second kappa shape index (κ2) is 7.65. The van der Waals surface area contributed by atoms with E-state index >= 15 is 0 Å². The maximum Gasteiger partial charge on any atom is 0.264 e. The highest BCUT2D eigenvalue weighted by Crippen LogP contribution is 2.16. The van der Waals surface area contributed by atoms with E-state index in [-0.39, 0.29) is 24.2 Å². The molecule has 2 amide bonds. The predicted octanol–water partition coefficient (Wildman–Crippen LogP) is 2.59. The highest BCUT2D eigenvalue weighted by atomic mass is 32.1. The molecule has 132 valence electrons. The molecule has 1 N–H and O–H groups in total. The molecule has 7 heteroatoms.